The summed E-state index contributed by atoms with van der Waals surface area (Å²) in [6, 6.07) is 0. The fourth-order valence-electron chi connectivity index (χ4n) is 0. The summed E-state index contributed by atoms with van der Waals surface area (Å²) in [7, 11) is 0. The van der Waals surface area contributed by atoms with Gasteiger partial charge in [-0.3, -0.25) is 0 Å². The summed E-state index contributed by atoms with van der Waals surface area (Å²) in [5.74, 6) is -3.65. The Balaban J connectivity index is -0.0000000655. The number of carboxylic acid groups (broad SMARTS) is 3. The van der Waals surface area contributed by atoms with Gasteiger partial charge in [0.1, 0.15) is 0 Å². The minimum absolute atomic E-state index is 0. The number of hydrogen-bond acceptors (Lipinski definition) is 9. The average molecular weight is 278 g/mol. The molecule has 0 unspecified atom stereocenters. The Kier molecular flexibility index (Phi) is 29.3. The van der Waals surface area contributed by atoms with Crippen molar-refractivity contribution in [2.24, 2.45) is 17.2 Å². The maximum Gasteiger partial charge on any atom is 6.00 e. The standard InChI is InChI=1S/3C2H5NO2.Fe/c3*3-1-2(4)5;/h3*1,3H2,(H,4,5);/q;;;+6/p-3. The molecule has 0 saturated carbocycles. The zero-order valence-electron chi connectivity index (χ0n) is 8.16. The first-order valence-electron chi connectivity index (χ1n) is 3.51. The summed E-state index contributed by atoms with van der Waals surface area (Å²) in [5.41, 5.74) is 13.5. The van der Waals surface area contributed by atoms with Crippen LogP contribution < -0.4 is 32.5 Å². The van der Waals surface area contributed by atoms with Gasteiger partial charge in [-0.05, 0) is 0 Å². The number of carboxylic acids is 3. The van der Waals surface area contributed by atoms with Crippen molar-refractivity contribution < 1.29 is 46.8 Å². The van der Waals surface area contributed by atoms with Crippen LogP contribution in [0.15, 0.2) is 0 Å². The zero-order chi connectivity index (χ0) is 12.9. The Bertz CT molecular complexity index is 167. The first-order valence-corrected chi connectivity index (χ1v) is 3.51. The molecule has 0 atom stereocenters. The van der Waals surface area contributed by atoms with Crippen LogP contribution in [0.4, 0.5) is 0 Å². The van der Waals surface area contributed by atoms with E-state index in [4.69, 9.17) is 29.7 Å². The molecule has 0 fully saturated rings. The largest absolute Gasteiger partial charge is 6.00 e. The number of carbonyl (C=O) groups is 3. The SMILES string of the molecule is NCC(=O)[O-].NCC(=O)[O-].NCC(=O)[O-].[Fe+6]. The summed E-state index contributed by atoms with van der Waals surface area (Å²) >= 11 is 0. The second kappa shape index (κ2) is 19.4. The molecule has 16 heavy (non-hydrogen) atoms. The van der Waals surface area contributed by atoms with Crippen molar-refractivity contribution in [3.8, 4) is 0 Å². The average Bonchev–Trinajstić information content (AvgIpc) is 2.19. The molecule has 0 amide bonds. The third-order valence-electron chi connectivity index (χ3n) is 0.500. The smallest absolute Gasteiger partial charge is 0.549 e. The Morgan fingerprint density at radius 3 is 0.750 bits per heavy atom. The van der Waals surface area contributed by atoms with Gasteiger partial charge in [0.05, 0.1) is 17.9 Å². The van der Waals surface area contributed by atoms with Crippen LogP contribution in [0.5, 0.6) is 0 Å². The zero-order valence-corrected chi connectivity index (χ0v) is 9.26. The van der Waals surface area contributed by atoms with E-state index >= 15 is 0 Å². The van der Waals surface area contributed by atoms with Crippen molar-refractivity contribution in [1.82, 2.24) is 0 Å². The van der Waals surface area contributed by atoms with Crippen LogP contribution in [0.2, 0.25) is 0 Å². The summed E-state index contributed by atoms with van der Waals surface area (Å²) < 4.78 is 0. The third-order valence-corrected chi connectivity index (χ3v) is 0.500. The van der Waals surface area contributed by atoms with Crippen molar-refractivity contribution >= 4 is 17.9 Å². The monoisotopic (exact) mass is 278 g/mol. The number of hydrogen-bond donors (Lipinski definition) is 3. The van der Waals surface area contributed by atoms with Gasteiger partial charge < -0.3 is 46.9 Å². The topological polar surface area (TPSA) is 198 Å². The molecule has 0 saturated heterocycles. The summed E-state index contributed by atoms with van der Waals surface area (Å²) in [4.78, 5) is 27.4. The fourth-order valence-corrected chi connectivity index (χ4v) is 0. The van der Waals surface area contributed by atoms with E-state index in [-0.39, 0.29) is 36.7 Å². The van der Waals surface area contributed by atoms with Gasteiger partial charge in [0, 0.05) is 19.6 Å². The number of carbonyl (C=O) groups excluding carboxylic acids is 3. The molecule has 0 rings (SSSR count). The van der Waals surface area contributed by atoms with Gasteiger partial charge in [-0.25, -0.2) is 0 Å². The van der Waals surface area contributed by atoms with E-state index in [0.717, 1.165) is 0 Å². The molecule has 0 aliphatic carbocycles. The minimum Gasteiger partial charge on any atom is -0.549 e. The molecule has 0 radical (unpaired) electrons. The Hall–Kier alpha value is -1.19. The van der Waals surface area contributed by atoms with Crippen molar-refractivity contribution in [2.75, 3.05) is 19.6 Å². The summed E-state index contributed by atoms with van der Waals surface area (Å²) in [6.45, 7) is -1.17. The molecule has 0 spiro atoms. The first kappa shape index (κ1) is 24.2. The van der Waals surface area contributed by atoms with Gasteiger partial charge in [-0.15, -0.1) is 0 Å². The molecule has 0 aromatic carbocycles. The van der Waals surface area contributed by atoms with Crippen LogP contribution in [-0.2, 0) is 31.5 Å². The summed E-state index contributed by atoms with van der Waals surface area (Å²) in [5, 5.41) is 27.4. The molecule has 92 valence electrons. The maximum atomic E-state index is 9.13. The van der Waals surface area contributed by atoms with Crippen molar-refractivity contribution in [3.63, 3.8) is 0 Å². The van der Waals surface area contributed by atoms with E-state index < -0.39 is 17.9 Å². The quantitative estimate of drug-likeness (QED) is 0.419. The Labute approximate surface area is 102 Å². The van der Waals surface area contributed by atoms with Gasteiger partial charge in [0.25, 0.3) is 0 Å². The fraction of sp³-hybridized carbons (Fsp3) is 0.500. The molecular formula is C6H12FeN3O6+3. The normalized spacial score (nSPS) is 6.94. The molecule has 0 heterocycles. The molecule has 0 aromatic heterocycles. The number of aliphatic carboxylic acids is 3. The Morgan fingerprint density at radius 1 is 0.688 bits per heavy atom. The minimum atomic E-state index is -1.22. The predicted octanol–water partition coefficient (Wildman–Crippen LogP) is -6.92. The van der Waals surface area contributed by atoms with E-state index in [1.165, 1.54) is 0 Å². The van der Waals surface area contributed by atoms with E-state index in [9.17, 15) is 0 Å². The second-order valence-electron chi connectivity index (χ2n) is 1.73. The van der Waals surface area contributed by atoms with E-state index in [2.05, 4.69) is 17.2 Å². The Morgan fingerprint density at radius 2 is 0.750 bits per heavy atom. The van der Waals surface area contributed by atoms with E-state index in [0.29, 0.717) is 0 Å². The van der Waals surface area contributed by atoms with Crippen molar-refractivity contribution in [3.05, 3.63) is 0 Å². The van der Waals surface area contributed by atoms with E-state index in [1.807, 2.05) is 0 Å². The van der Waals surface area contributed by atoms with Gasteiger partial charge >= 0.3 is 17.1 Å². The molecule has 6 N–H and O–H groups in total. The van der Waals surface area contributed by atoms with Crippen LogP contribution in [0, 0.1) is 0 Å². The van der Waals surface area contributed by atoms with Crippen LogP contribution in [0.3, 0.4) is 0 Å². The van der Waals surface area contributed by atoms with Crippen molar-refractivity contribution in [2.45, 2.75) is 0 Å². The molecule has 9 nitrogen and oxygen atoms in total. The molecule has 0 aliphatic heterocycles. The van der Waals surface area contributed by atoms with Gasteiger partial charge in [0.2, 0.25) is 0 Å². The van der Waals surface area contributed by atoms with Crippen LogP contribution in [0.1, 0.15) is 0 Å². The molecule has 0 bridgehead atoms. The summed E-state index contributed by atoms with van der Waals surface area (Å²) in [6.07, 6.45) is 0. The molecular weight excluding hydrogens is 266 g/mol. The molecule has 10 heteroatoms. The van der Waals surface area contributed by atoms with E-state index in [1.54, 1.807) is 0 Å². The predicted molar refractivity (Wildman–Crippen MR) is 42.2 cm³/mol. The van der Waals surface area contributed by atoms with Crippen molar-refractivity contribution in [1.29, 1.82) is 0 Å². The van der Waals surface area contributed by atoms with Gasteiger partial charge in [0.15, 0.2) is 0 Å². The second-order valence-corrected chi connectivity index (χ2v) is 1.73. The van der Waals surface area contributed by atoms with Gasteiger partial charge in [-0.2, -0.15) is 0 Å². The van der Waals surface area contributed by atoms with Crippen LogP contribution in [0.25, 0.3) is 0 Å². The van der Waals surface area contributed by atoms with Gasteiger partial charge in [-0.1, -0.05) is 0 Å². The number of nitrogens with two attached hydrogens (primary N) is 3. The van der Waals surface area contributed by atoms with Crippen LogP contribution in [-0.4, -0.2) is 37.5 Å². The molecule has 0 aromatic rings. The van der Waals surface area contributed by atoms with Crippen LogP contribution >= 0.6 is 0 Å². The first-order chi connectivity index (χ1) is 6.81. The third kappa shape index (κ3) is 77.2. The molecule has 0 aliphatic rings. The number of rotatable bonds is 3. The maximum absolute atomic E-state index is 9.13.